The molecule has 2 aromatic carbocycles. The average Bonchev–Trinajstić information content (AvgIpc) is 3.22. The number of benzene rings is 2. The second-order valence-corrected chi connectivity index (χ2v) is 5.83. The molecule has 26 heavy (non-hydrogen) atoms. The average molecular weight is 352 g/mol. The van der Waals surface area contributed by atoms with Crippen LogP contribution in [0.3, 0.4) is 0 Å². The first-order chi connectivity index (χ1) is 12.7. The Bertz CT molecular complexity index is 899. The molecular formula is C18H16N4O4. The summed E-state index contributed by atoms with van der Waals surface area (Å²) in [5.41, 5.74) is 1.12. The van der Waals surface area contributed by atoms with Gasteiger partial charge in [0, 0.05) is 6.07 Å². The summed E-state index contributed by atoms with van der Waals surface area (Å²) in [6, 6.07) is 12.4. The number of imide groups is 1. The Kier molecular flexibility index (Phi) is 3.80. The maximum Gasteiger partial charge on any atom is 0.263 e. The second-order valence-electron chi connectivity index (χ2n) is 5.83. The van der Waals surface area contributed by atoms with Gasteiger partial charge in [0.2, 0.25) is 0 Å². The molecule has 2 aromatic rings. The van der Waals surface area contributed by atoms with Crippen LogP contribution in [0.5, 0.6) is 11.5 Å². The summed E-state index contributed by atoms with van der Waals surface area (Å²) in [6.45, 7) is 0. The van der Waals surface area contributed by atoms with E-state index in [2.05, 4.69) is 10.3 Å². The highest BCUT2D eigenvalue weighted by molar-refractivity contribution is 6.26. The molecule has 1 saturated heterocycles. The standard InChI is InChI=1S/C18H16N4O4/c1-25-13-9-8-12(10-14(13)26-2)21-17(23)15-16(18(21)24)22(20-19-15)11-6-4-3-5-7-11/h3-10,15-16H,1-2H3/t15-,16+/m0/s1. The van der Waals surface area contributed by atoms with E-state index in [0.29, 0.717) is 22.9 Å². The van der Waals surface area contributed by atoms with Gasteiger partial charge in [-0.1, -0.05) is 23.4 Å². The minimum atomic E-state index is -0.851. The van der Waals surface area contributed by atoms with Crippen molar-refractivity contribution in [2.24, 2.45) is 10.3 Å². The monoisotopic (exact) mass is 352 g/mol. The molecule has 2 amide bonds. The lowest BCUT2D eigenvalue weighted by Gasteiger charge is -2.21. The van der Waals surface area contributed by atoms with E-state index in [0.717, 1.165) is 4.90 Å². The summed E-state index contributed by atoms with van der Waals surface area (Å²) < 4.78 is 10.5. The van der Waals surface area contributed by atoms with Crippen molar-refractivity contribution in [2.75, 3.05) is 24.1 Å². The second kappa shape index (κ2) is 6.14. The Balaban J connectivity index is 1.70. The van der Waals surface area contributed by atoms with E-state index < -0.39 is 18.0 Å². The predicted molar refractivity (Wildman–Crippen MR) is 93.4 cm³/mol. The van der Waals surface area contributed by atoms with Crippen LogP contribution in [0.2, 0.25) is 0 Å². The number of ether oxygens (including phenoxy) is 2. The van der Waals surface area contributed by atoms with Crippen LogP contribution < -0.4 is 19.4 Å². The fourth-order valence-electron chi connectivity index (χ4n) is 3.17. The molecule has 0 radical (unpaired) electrons. The normalized spacial score (nSPS) is 21.3. The van der Waals surface area contributed by atoms with Crippen LogP contribution >= 0.6 is 0 Å². The van der Waals surface area contributed by atoms with Crippen LogP contribution in [0.1, 0.15) is 0 Å². The first kappa shape index (κ1) is 16.1. The summed E-state index contributed by atoms with van der Waals surface area (Å²) >= 11 is 0. The van der Waals surface area contributed by atoms with Gasteiger partial charge in [-0.15, -0.1) is 0 Å². The van der Waals surface area contributed by atoms with E-state index in [9.17, 15) is 9.59 Å². The molecule has 0 aromatic heterocycles. The third-order valence-electron chi connectivity index (χ3n) is 4.43. The number of carbonyl (C=O) groups is 2. The van der Waals surface area contributed by atoms with Crippen molar-refractivity contribution >= 4 is 23.2 Å². The first-order valence-corrected chi connectivity index (χ1v) is 8.00. The summed E-state index contributed by atoms with van der Waals surface area (Å²) in [7, 11) is 3.02. The maximum atomic E-state index is 13.0. The van der Waals surface area contributed by atoms with Crippen molar-refractivity contribution in [3.8, 4) is 11.5 Å². The number of anilines is 2. The zero-order valence-electron chi connectivity index (χ0n) is 14.2. The van der Waals surface area contributed by atoms with Gasteiger partial charge in [0.15, 0.2) is 23.6 Å². The molecule has 2 heterocycles. The summed E-state index contributed by atoms with van der Waals surface area (Å²) in [4.78, 5) is 26.9. The fourth-order valence-corrected chi connectivity index (χ4v) is 3.17. The molecular weight excluding hydrogens is 336 g/mol. The zero-order chi connectivity index (χ0) is 18.3. The third kappa shape index (κ3) is 2.30. The predicted octanol–water partition coefficient (Wildman–Crippen LogP) is 2.20. The number of para-hydroxylation sites is 1. The lowest BCUT2D eigenvalue weighted by Crippen LogP contribution is -2.39. The van der Waals surface area contributed by atoms with Gasteiger partial charge in [0.05, 0.1) is 25.6 Å². The molecule has 4 rings (SSSR count). The Morgan fingerprint density at radius 3 is 2.31 bits per heavy atom. The van der Waals surface area contributed by atoms with E-state index in [1.54, 1.807) is 18.2 Å². The van der Waals surface area contributed by atoms with Crippen molar-refractivity contribution in [3.05, 3.63) is 48.5 Å². The molecule has 0 bridgehead atoms. The topological polar surface area (TPSA) is 83.8 Å². The molecule has 1 fully saturated rings. The van der Waals surface area contributed by atoms with E-state index in [4.69, 9.17) is 9.47 Å². The fraction of sp³-hybridized carbons (Fsp3) is 0.222. The van der Waals surface area contributed by atoms with Gasteiger partial charge in [-0.3, -0.25) is 9.59 Å². The van der Waals surface area contributed by atoms with Crippen LogP contribution in [0.25, 0.3) is 0 Å². The van der Waals surface area contributed by atoms with Gasteiger partial charge in [0.1, 0.15) is 0 Å². The van der Waals surface area contributed by atoms with Crippen molar-refractivity contribution in [3.63, 3.8) is 0 Å². The number of nitrogens with zero attached hydrogens (tertiary/aromatic N) is 4. The quantitative estimate of drug-likeness (QED) is 0.788. The lowest BCUT2D eigenvalue weighted by atomic mass is 10.1. The van der Waals surface area contributed by atoms with Crippen molar-refractivity contribution in [1.82, 2.24) is 0 Å². The molecule has 2 atom stereocenters. The highest BCUT2D eigenvalue weighted by Crippen LogP contribution is 2.37. The largest absolute Gasteiger partial charge is 0.493 e. The Hall–Kier alpha value is -3.42. The van der Waals surface area contributed by atoms with E-state index >= 15 is 0 Å². The molecule has 0 N–H and O–H groups in total. The van der Waals surface area contributed by atoms with Gasteiger partial charge < -0.3 is 9.47 Å². The number of fused-ring (bicyclic) bond motifs is 1. The molecule has 8 nitrogen and oxygen atoms in total. The van der Waals surface area contributed by atoms with Crippen LogP contribution in [-0.4, -0.2) is 38.1 Å². The molecule has 0 aliphatic carbocycles. The number of rotatable bonds is 4. The van der Waals surface area contributed by atoms with Crippen LogP contribution in [0, 0.1) is 0 Å². The SMILES string of the molecule is COc1ccc(N2C(=O)[C@H]3N=NN(c4ccccc4)[C@H]3C2=O)cc1OC. The smallest absolute Gasteiger partial charge is 0.263 e. The van der Waals surface area contributed by atoms with Crippen molar-refractivity contribution < 1.29 is 19.1 Å². The van der Waals surface area contributed by atoms with Gasteiger partial charge in [-0.25, -0.2) is 9.91 Å². The van der Waals surface area contributed by atoms with E-state index in [1.807, 2.05) is 30.3 Å². The summed E-state index contributed by atoms with van der Waals surface area (Å²) in [5.74, 6) is 0.167. The number of methoxy groups -OCH3 is 2. The molecule has 0 unspecified atom stereocenters. The molecule has 0 saturated carbocycles. The first-order valence-electron chi connectivity index (χ1n) is 8.00. The van der Waals surface area contributed by atoms with Gasteiger partial charge >= 0.3 is 0 Å². The van der Waals surface area contributed by atoms with Crippen LogP contribution in [-0.2, 0) is 9.59 Å². The van der Waals surface area contributed by atoms with Gasteiger partial charge in [0.25, 0.3) is 11.8 Å². The maximum absolute atomic E-state index is 13.0. The summed E-state index contributed by atoms with van der Waals surface area (Å²) in [6.07, 6.45) is 0. The van der Waals surface area contributed by atoms with Gasteiger partial charge in [-0.05, 0) is 24.3 Å². The molecule has 0 spiro atoms. The number of amides is 2. The third-order valence-corrected chi connectivity index (χ3v) is 4.43. The molecule has 132 valence electrons. The van der Waals surface area contributed by atoms with Crippen molar-refractivity contribution in [1.29, 1.82) is 0 Å². The van der Waals surface area contributed by atoms with Crippen molar-refractivity contribution in [2.45, 2.75) is 12.1 Å². The highest BCUT2D eigenvalue weighted by Gasteiger charge is 2.55. The number of hydrogen-bond acceptors (Lipinski definition) is 7. The Morgan fingerprint density at radius 1 is 0.885 bits per heavy atom. The Morgan fingerprint density at radius 2 is 1.62 bits per heavy atom. The number of carbonyl (C=O) groups excluding carboxylic acids is 2. The summed E-state index contributed by atoms with van der Waals surface area (Å²) in [5, 5.41) is 9.54. The molecule has 2 aliphatic heterocycles. The minimum Gasteiger partial charge on any atom is -0.493 e. The molecule has 8 heteroatoms. The molecule has 2 aliphatic rings. The van der Waals surface area contributed by atoms with Crippen LogP contribution in [0.4, 0.5) is 11.4 Å². The Labute approximate surface area is 149 Å². The lowest BCUT2D eigenvalue weighted by molar-refractivity contribution is -0.121. The van der Waals surface area contributed by atoms with Gasteiger partial charge in [-0.2, -0.15) is 5.11 Å². The highest BCUT2D eigenvalue weighted by atomic mass is 16.5. The van der Waals surface area contributed by atoms with E-state index in [-0.39, 0.29) is 5.91 Å². The zero-order valence-corrected chi connectivity index (χ0v) is 14.2. The minimum absolute atomic E-state index is 0.374. The van der Waals surface area contributed by atoms with E-state index in [1.165, 1.54) is 19.2 Å². The number of hydrogen-bond donors (Lipinski definition) is 0. The van der Waals surface area contributed by atoms with Crippen LogP contribution in [0.15, 0.2) is 58.9 Å².